The predicted molar refractivity (Wildman–Crippen MR) is 82.5 cm³/mol. The molecule has 1 aromatic carbocycles. The third-order valence-corrected chi connectivity index (χ3v) is 3.75. The fraction of sp³-hybridized carbons (Fsp3) is 0.588. The average Bonchev–Trinajstić information content (AvgIpc) is 2.43. The number of nitrogens with zero attached hydrogens (tertiary/aromatic N) is 1. The highest BCUT2D eigenvalue weighted by Gasteiger charge is 2.29. The van der Waals surface area contributed by atoms with Gasteiger partial charge in [0.1, 0.15) is 5.75 Å². The number of aliphatic hydroxyl groups excluding tert-OH is 1. The lowest BCUT2D eigenvalue weighted by Crippen LogP contribution is -2.39. The van der Waals surface area contributed by atoms with E-state index in [4.69, 9.17) is 4.74 Å². The molecule has 21 heavy (non-hydrogen) atoms. The van der Waals surface area contributed by atoms with Crippen LogP contribution in [0, 0.1) is 11.8 Å². The number of carbonyl (C=O) groups excluding carboxylic acids is 1. The normalized spacial score (nSPS) is 21.0. The van der Waals surface area contributed by atoms with Crippen LogP contribution in [0.2, 0.25) is 0 Å². The van der Waals surface area contributed by atoms with Crippen LogP contribution in [0.3, 0.4) is 0 Å². The molecular weight excluding hydrogens is 266 g/mol. The summed E-state index contributed by atoms with van der Waals surface area (Å²) in [6.07, 6.45) is 1.43. The van der Waals surface area contributed by atoms with E-state index in [1.54, 1.807) is 11.0 Å². The Bertz CT molecular complexity index is 481. The van der Waals surface area contributed by atoms with Crippen molar-refractivity contribution >= 4 is 5.91 Å². The molecule has 1 aliphatic carbocycles. The summed E-state index contributed by atoms with van der Waals surface area (Å²) in [5.41, 5.74) is 0.652. The van der Waals surface area contributed by atoms with Crippen LogP contribution in [0.4, 0.5) is 0 Å². The molecule has 0 spiro atoms. The van der Waals surface area contributed by atoms with Gasteiger partial charge in [0.2, 0.25) is 0 Å². The molecule has 4 heteroatoms. The first-order valence-corrected chi connectivity index (χ1v) is 7.62. The summed E-state index contributed by atoms with van der Waals surface area (Å²) < 4.78 is 5.66. The predicted octanol–water partition coefficient (Wildman–Crippen LogP) is 2.56. The lowest BCUT2D eigenvalue weighted by molar-refractivity contribution is 0.0265. The maximum atomic E-state index is 12.4. The molecular formula is C17H25NO3. The molecule has 0 radical (unpaired) electrons. The minimum atomic E-state index is -0.175. The number of aliphatic hydroxyl groups is 1. The summed E-state index contributed by atoms with van der Waals surface area (Å²) in [5.74, 6) is 1.62. The van der Waals surface area contributed by atoms with Gasteiger partial charge in [0, 0.05) is 19.2 Å². The summed E-state index contributed by atoms with van der Waals surface area (Å²) in [5, 5.41) is 9.31. The number of benzene rings is 1. The van der Waals surface area contributed by atoms with Crippen LogP contribution in [-0.4, -0.2) is 42.2 Å². The van der Waals surface area contributed by atoms with Gasteiger partial charge in [-0.05, 0) is 42.9 Å². The molecule has 116 valence electrons. The van der Waals surface area contributed by atoms with Crippen LogP contribution >= 0.6 is 0 Å². The van der Waals surface area contributed by atoms with Crippen LogP contribution < -0.4 is 4.74 Å². The highest BCUT2D eigenvalue weighted by atomic mass is 16.5. The number of rotatable bonds is 6. The van der Waals surface area contributed by atoms with E-state index in [1.165, 1.54) is 0 Å². The van der Waals surface area contributed by atoms with Crippen molar-refractivity contribution in [2.45, 2.75) is 32.8 Å². The summed E-state index contributed by atoms with van der Waals surface area (Å²) in [4.78, 5) is 14.1. The van der Waals surface area contributed by atoms with Gasteiger partial charge >= 0.3 is 0 Å². The number of hydrogen-bond acceptors (Lipinski definition) is 3. The van der Waals surface area contributed by atoms with Gasteiger partial charge < -0.3 is 14.7 Å². The van der Waals surface area contributed by atoms with Gasteiger partial charge in [-0.15, -0.1) is 0 Å². The summed E-state index contributed by atoms with van der Waals surface area (Å²) in [7, 11) is 1.81. The van der Waals surface area contributed by atoms with E-state index >= 15 is 0 Å². The van der Waals surface area contributed by atoms with Crippen LogP contribution in [0.5, 0.6) is 5.75 Å². The smallest absolute Gasteiger partial charge is 0.253 e. The zero-order chi connectivity index (χ0) is 15.4. The molecule has 4 nitrogen and oxygen atoms in total. The van der Waals surface area contributed by atoms with E-state index in [9.17, 15) is 9.90 Å². The number of ether oxygens (including phenoxy) is 1. The molecule has 0 atom stereocenters. The fourth-order valence-electron chi connectivity index (χ4n) is 2.52. The molecule has 0 unspecified atom stereocenters. The Morgan fingerprint density at radius 2 is 2.14 bits per heavy atom. The Labute approximate surface area is 126 Å². The Morgan fingerprint density at radius 1 is 1.43 bits per heavy atom. The number of carbonyl (C=O) groups is 1. The second kappa shape index (κ2) is 6.94. The maximum Gasteiger partial charge on any atom is 0.253 e. The Balaban J connectivity index is 1.93. The van der Waals surface area contributed by atoms with Crippen molar-refractivity contribution in [3.8, 4) is 5.75 Å². The summed E-state index contributed by atoms with van der Waals surface area (Å²) in [6.45, 7) is 5.53. The van der Waals surface area contributed by atoms with Crippen LogP contribution in [0.25, 0.3) is 0 Å². The average molecular weight is 291 g/mol. The molecule has 1 saturated carbocycles. The molecule has 0 saturated heterocycles. The molecule has 2 rings (SSSR count). The van der Waals surface area contributed by atoms with Crippen LogP contribution in [0.1, 0.15) is 37.0 Å². The van der Waals surface area contributed by atoms with Gasteiger partial charge in [0.25, 0.3) is 5.91 Å². The summed E-state index contributed by atoms with van der Waals surface area (Å²) >= 11 is 0. The summed E-state index contributed by atoms with van der Waals surface area (Å²) in [6, 6.07) is 7.35. The van der Waals surface area contributed by atoms with Crippen molar-refractivity contribution in [1.82, 2.24) is 4.90 Å². The van der Waals surface area contributed by atoms with E-state index in [2.05, 4.69) is 13.8 Å². The first kappa shape index (κ1) is 15.8. The standard InChI is InChI=1S/C17H25NO3/c1-12(2)11-21-16-6-4-5-14(9-16)17(20)18(3)10-13-7-15(19)8-13/h4-6,9,12-13,15,19H,7-8,10-11H2,1-3H3. The van der Waals surface area contributed by atoms with E-state index in [0.717, 1.165) is 18.6 Å². The monoisotopic (exact) mass is 291 g/mol. The van der Waals surface area contributed by atoms with Crippen molar-refractivity contribution in [3.63, 3.8) is 0 Å². The lowest BCUT2D eigenvalue weighted by atomic mass is 9.82. The van der Waals surface area contributed by atoms with E-state index < -0.39 is 0 Å². The van der Waals surface area contributed by atoms with Gasteiger partial charge in [-0.25, -0.2) is 0 Å². The Morgan fingerprint density at radius 3 is 2.76 bits per heavy atom. The van der Waals surface area contributed by atoms with Crippen molar-refractivity contribution in [2.75, 3.05) is 20.2 Å². The molecule has 0 bridgehead atoms. The minimum absolute atomic E-state index is 0.00591. The van der Waals surface area contributed by atoms with Gasteiger partial charge in [0.15, 0.2) is 0 Å². The molecule has 1 amide bonds. The molecule has 1 N–H and O–H groups in total. The van der Waals surface area contributed by atoms with Crippen molar-refractivity contribution in [2.24, 2.45) is 11.8 Å². The molecule has 1 aliphatic rings. The zero-order valence-corrected chi connectivity index (χ0v) is 13.1. The largest absolute Gasteiger partial charge is 0.493 e. The molecule has 0 aromatic heterocycles. The minimum Gasteiger partial charge on any atom is -0.493 e. The topological polar surface area (TPSA) is 49.8 Å². The van der Waals surface area contributed by atoms with E-state index in [1.807, 2.05) is 25.2 Å². The van der Waals surface area contributed by atoms with Gasteiger partial charge in [-0.3, -0.25) is 4.79 Å². The Hall–Kier alpha value is -1.55. The molecule has 1 aromatic rings. The molecule has 0 heterocycles. The Kier molecular flexibility index (Phi) is 5.23. The van der Waals surface area contributed by atoms with Crippen molar-refractivity contribution < 1.29 is 14.6 Å². The van der Waals surface area contributed by atoms with E-state index in [0.29, 0.717) is 30.6 Å². The zero-order valence-electron chi connectivity index (χ0n) is 13.1. The van der Waals surface area contributed by atoms with Gasteiger partial charge in [-0.1, -0.05) is 19.9 Å². The fourth-order valence-corrected chi connectivity index (χ4v) is 2.52. The van der Waals surface area contributed by atoms with E-state index in [-0.39, 0.29) is 12.0 Å². The molecule has 0 aliphatic heterocycles. The first-order valence-electron chi connectivity index (χ1n) is 7.62. The van der Waals surface area contributed by atoms with Crippen LogP contribution in [-0.2, 0) is 0 Å². The third kappa shape index (κ3) is 4.46. The van der Waals surface area contributed by atoms with Crippen LogP contribution in [0.15, 0.2) is 24.3 Å². The quantitative estimate of drug-likeness (QED) is 0.876. The highest BCUT2D eigenvalue weighted by Crippen LogP contribution is 2.28. The number of amides is 1. The maximum absolute atomic E-state index is 12.4. The second-order valence-electron chi connectivity index (χ2n) is 6.41. The SMILES string of the molecule is CC(C)COc1cccc(C(=O)N(C)CC2CC(O)C2)c1. The lowest BCUT2D eigenvalue weighted by Gasteiger charge is -2.34. The third-order valence-electron chi connectivity index (χ3n) is 3.75. The number of hydrogen-bond donors (Lipinski definition) is 1. The van der Waals surface area contributed by atoms with Gasteiger partial charge in [-0.2, -0.15) is 0 Å². The highest BCUT2D eigenvalue weighted by molar-refractivity contribution is 5.94. The van der Waals surface area contributed by atoms with Gasteiger partial charge in [0.05, 0.1) is 12.7 Å². The van der Waals surface area contributed by atoms with Crippen molar-refractivity contribution in [1.29, 1.82) is 0 Å². The first-order chi connectivity index (χ1) is 9.95. The second-order valence-corrected chi connectivity index (χ2v) is 6.41. The van der Waals surface area contributed by atoms with Crippen molar-refractivity contribution in [3.05, 3.63) is 29.8 Å². The molecule has 1 fully saturated rings.